The summed E-state index contributed by atoms with van der Waals surface area (Å²) < 4.78 is 4.68. The lowest BCUT2D eigenvalue weighted by atomic mass is 10.1. The Morgan fingerprint density at radius 3 is 2.70 bits per heavy atom. The van der Waals surface area contributed by atoms with Gasteiger partial charge in [-0.15, -0.1) is 0 Å². The zero-order valence-corrected chi connectivity index (χ0v) is 12.3. The molecule has 20 heavy (non-hydrogen) atoms. The lowest BCUT2D eigenvalue weighted by molar-refractivity contribution is -0.126. The first-order valence-corrected chi connectivity index (χ1v) is 6.69. The highest BCUT2D eigenvalue weighted by Crippen LogP contribution is 2.14. The van der Waals surface area contributed by atoms with Gasteiger partial charge in [0, 0.05) is 12.6 Å². The van der Waals surface area contributed by atoms with E-state index in [0.717, 1.165) is 16.6 Å². The van der Waals surface area contributed by atoms with Gasteiger partial charge < -0.3 is 5.32 Å². The van der Waals surface area contributed by atoms with E-state index in [2.05, 4.69) is 20.3 Å². The van der Waals surface area contributed by atoms with Gasteiger partial charge >= 0.3 is 0 Å². The van der Waals surface area contributed by atoms with Crippen LogP contribution in [0.2, 0.25) is 0 Å². The first-order chi connectivity index (χ1) is 9.47. The summed E-state index contributed by atoms with van der Waals surface area (Å²) in [6, 6.07) is 5.72. The molecule has 1 atom stereocenters. The number of carbonyl (C=O) groups is 1. The molecule has 0 aliphatic carbocycles. The quantitative estimate of drug-likeness (QED) is 0.897. The number of nitrogens with zero attached hydrogens (tertiary/aromatic N) is 3. The van der Waals surface area contributed by atoms with Gasteiger partial charge in [-0.3, -0.25) is 9.69 Å². The third kappa shape index (κ3) is 3.33. The molecule has 0 bridgehead atoms. The molecule has 0 fully saturated rings. The van der Waals surface area contributed by atoms with E-state index in [4.69, 9.17) is 0 Å². The highest BCUT2D eigenvalue weighted by atomic mass is 16.6. The average Bonchev–Trinajstić information content (AvgIpc) is 2.84. The summed E-state index contributed by atoms with van der Waals surface area (Å²) in [5.41, 5.74) is 2.54. The zero-order valence-electron chi connectivity index (χ0n) is 12.3. The molecule has 0 unspecified atom stereocenters. The summed E-state index contributed by atoms with van der Waals surface area (Å²) >= 11 is 0. The number of rotatable bonds is 5. The zero-order chi connectivity index (χ0) is 14.7. The van der Waals surface area contributed by atoms with Gasteiger partial charge in [0.15, 0.2) is 0 Å². The van der Waals surface area contributed by atoms with Crippen LogP contribution >= 0.6 is 0 Å². The number of hydrogen-bond acceptors (Lipinski definition) is 5. The maximum absolute atomic E-state index is 12.0. The molecule has 6 heteroatoms. The van der Waals surface area contributed by atoms with Gasteiger partial charge in [0.1, 0.15) is 11.0 Å². The van der Waals surface area contributed by atoms with Gasteiger partial charge in [0.2, 0.25) is 5.91 Å². The number of aromatic nitrogens is 2. The number of fused-ring (bicyclic) bond motifs is 1. The molecule has 2 rings (SSSR count). The third-order valence-corrected chi connectivity index (χ3v) is 3.22. The monoisotopic (exact) mass is 276 g/mol. The number of hydrogen-bond donors (Lipinski definition) is 1. The Balaban J connectivity index is 2.02. The van der Waals surface area contributed by atoms with Crippen LogP contribution in [0.4, 0.5) is 0 Å². The predicted molar refractivity (Wildman–Crippen MR) is 76.0 cm³/mol. The molecule has 1 aromatic heterocycles. The van der Waals surface area contributed by atoms with Crippen LogP contribution in [-0.4, -0.2) is 40.3 Å². The topological polar surface area (TPSA) is 71.3 Å². The van der Waals surface area contributed by atoms with Gasteiger partial charge in [0.25, 0.3) is 0 Å². The van der Waals surface area contributed by atoms with E-state index in [9.17, 15) is 4.79 Å². The minimum atomic E-state index is -0.191. The van der Waals surface area contributed by atoms with Gasteiger partial charge in [0.05, 0.1) is 6.04 Å². The van der Waals surface area contributed by atoms with Crippen molar-refractivity contribution in [1.29, 1.82) is 0 Å². The van der Waals surface area contributed by atoms with E-state index in [1.54, 1.807) is 0 Å². The summed E-state index contributed by atoms with van der Waals surface area (Å²) in [6.07, 6.45) is 0. The minimum Gasteiger partial charge on any atom is -0.353 e. The van der Waals surface area contributed by atoms with Crippen molar-refractivity contribution in [2.75, 3.05) is 7.05 Å². The number of likely N-dealkylation sites (N-methyl/N-ethyl adjacent to an activating group) is 1. The fraction of sp³-hybridized carbons (Fsp3) is 0.500. The number of carbonyl (C=O) groups excluding carboxylic acids is 1. The number of amides is 1. The van der Waals surface area contributed by atoms with Crippen LogP contribution in [0, 0.1) is 0 Å². The molecule has 0 aliphatic rings. The smallest absolute Gasteiger partial charge is 0.237 e. The second-order valence-corrected chi connectivity index (χ2v) is 5.34. The van der Waals surface area contributed by atoms with Crippen molar-refractivity contribution < 1.29 is 9.42 Å². The van der Waals surface area contributed by atoms with Crippen molar-refractivity contribution in [3.05, 3.63) is 23.8 Å². The predicted octanol–water partition coefficient (Wildman–Crippen LogP) is 1.57. The molecule has 108 valence electrons. The molecule has 0 saturated heterocycles. The highest BCUT2D eigenvalue weighted by molar-refractivity contribution is 5.81. The molecule has 0 saturated carbocycles. The van der Waals surface area contributed by atoms with Gasteiger partial charge in [-0.2, -0.15) is 0 Å². The molecular weight excluding hydrogens is 256 g/mol. The highest BCUT2D eigenvalue weighted by Gasteiger charge is 2.18. The largest absolute Gasteiger partial charge is 0.353 e. The summed E-state index contributed by atoms with van der Waals surface area (Å²) in [5.74, 6) is 0.0340. The van der Waals surface area contributed by atoms with E-state index in [-0.39, 0.29) is 18.0 Å². The fourth-order valence-electron chi connectivity index (χ4n) is 1.96. The van der Waals surface area contributed by atoms with E-state index in [0.29, 0.717) is 6.54 Å². The van der Waals surface area contributed by atoms with Crippen LogP contribution in [-0.2, 0) is 11.3 Å². The van der Waals surface area contributed by atoms with Crippen LogP contribution in [0.25, 0.3) is 11.0 Å². The molecular formula is C14H20N4O2. The maximum atomic E-state index is 12.0. The molecule has 0 spiro atoms. The standard InChI is InChI=1S/C14H20N4O2/c1-9(2)15-14(19)10(3)18(4)8-11-5-6-12-13(7-11)17-20-16-12/h5-7,9-10H,8H2,1-4H3,(H,15,19)/t10-/m1/s1. The van der Waals surface area contributed by atoms with E-state index >= 15 is 0 Å². The van der Waals surface area contributed by atoms with Crippen molar-refractivity contribution in [3.63, 3.8) is 0 Å². The van der Waals surface area contributed by atoms with Crippen LogP contribution in [0.15, 0.2) is 22.8 Å². The Hall–Kier alpha value is -1.95. The molecule has 1 aromatic carbocycles. The third-order valence-electron chi connectivity index (χ3n) is 3.22. The molecule has 1 heterocycles. The first kappa shape index (κ1) is 14.5. The summed E-state index contributed by atoms with van der Waals surface area (Å²) in [4.78, 5) is 14.0. The van der Waals surface area contributed by atoms with Crippen molar-refractivity contribution in [2.24, 2.45) is 0 Å². The Labute approximate surface area is 118 Å². The first-order valence-electron chi connectivity index (χ1n) is 6.69. The summed E-state index contributed by atoms with van der Waals surface area (Å²) in [6.45, 7) is 6.47. The minimum absolute atomic E-state index is 0.0340. The average molecular weight is 276 g/mol. The van der Waals surface area contributed by atoms with E-state index in [1.165, 1.54) is 0 Å². The Kier molecular flexibility index (Phi) is 4.34. The van der Waals surface area contributed by atoms with Gasteiger partial charge in [-0.1, -0.05) is 6.07 Å². The van der Waals surface area contributed by atoms with Gasteiger partial charge in [-0.25, -0.2) is 4.63 Å². The number of nitrogens with one attached hydrogen (secondary N) is 1. The normalized spacial score (nSPS) is 13.1. The molecule has 2 aromatic rings. The summed E-state index contributed by atoms with van der Waals surface area (Å²) in [7, 11) is 1.93. The van der Waals surface area contributed by atoms with Crippen molar-refractivity contribution >= 4 is 16.9 Å². The van der Waals surface area contributed by atoms with Crippen molar-refractivity contribution in [2.45, 2.75) is 39.4 Å². The summed E-state index contributed by atoms with van der Waals surface area (Å²) in [5, 5.41) is 10.5. The van der Waals surface area contributed by atoms with Gasteiger partial charge in [-0.05, 0) is 55.8 Å². The SMILES string of the molecule is CC(C)NC(=O)[C@@H](C)N(C)Cc1ccc2nonc2c1. The lowest BCUT2D eigenvalue weighted by Gasteiger charge is -2.24. The molecule has 1 N–H and O–H groups in total. The van der Waals surface area contributed by atoms with Crippen LogP contribution in [0.5, 0.6) is 0 Å². The van der Waals surface area contributed by atoms with Crippen LogP contribution in [0.3, 0.4) is 0 Å². The van der Waals surface area contributed by atoms with E-state index < -0.39 is 0 Å². The van der Waals surface area contributed by atoms with Crippen LogP contribution in [0.1, 0.15) is 26.3 Å². The Morgan fingerprint density at radius 2 is 2.00 bits per heavy atom. The van der Waals surface area contributed by atoms with E-state index in [1.807, 2.05) is 50.9 Å². The van der Waals surface area contributed by atoms with Crippen LogP contribution < -0.4 is 5.32 Å². The Bertz CT molecular complexity index is 594. The molecule has 0 radical (unpaired) electrons. The van der Waals surface area contributed by atoms with Crippen molar-refractivity contribution in [3.8, 4) is 0 Å². The molecule has 1 amide bonds. The molecule has 6 nitrogen and oxygen atoms in total. The number of benzene rings is 1. The molecule has 0 aliphatic heterocycles. The Morgan fingerprint density at radius 1 is 1.30 bits per heavy atom. The fourth-order valence-corrected chi connectivity index (χ4v) is 1.96. The second-order valence-electron chi connectivity index (χ2n) is 5.34. The van der Waals surface area contributed by atoms with Crippen molar-refractivity contribution in [1.82, 2.24) is 20.5 Å². The lowest BCUT2D eigenvalue weighted by Crippen LogP contribution is -2.45. The second kappa shape index (κ2) is 6.00. The maximum Gasteiger partial charge on any atom is 0.237 e.